The first-order valence-electron chi connectivity index (χ1n) is 7.70. The van der Waals surface area contributed by atoms with E-state index in [-0.39, 0.29) is 0 Å². The van der Waals surface area contributed by atoms with E-state index < -0.39 is 0 Å². The molecular formula is C16H26N4. The molecule has 0 aliphatic heterocycles. The Morgan fingerprint density at radius 3 is 2.80 bits per heavy atom. The summed E-state index contributed by atoms with van der Waals surface area (Å²) >= 11 is 0. The molecule has 2 rings (SSSR count). The van der Waals surface area contributed by atoms with Gasteiger partial charge >= 0.3 is 0 Å². The SMILES string of the molecule is CCCNC(CCC)c1ccn(CCn2cccn2)c1. The molecule has 110 valence electrons. The van der Waals surface area contributed by atoms with Gasteiger partial charge in [0.1, 0.15) is 0 Å². The van der Waals surface area contributed by atoms with Gasteiger partial charge in [0, 0.05) is 37.4 Å². The van der Waals surface area contributed by atoms with Crippen molar-refractivity contribution in [3.05, 3.63) is 42.5 Å². The summed E-state index contributed by atoms with van der Waals surface area (Å²) in [5.74, 6) is 0. The lowest BCUT2D eigenvalue weighted by Gasteiger charge is -2.16. The third kappa shape index (κ3) is 4.23. The van der Waals surface area contributed by atoms with Gasteiger partial charge in [-0.15, -0.1) is 0 Å². The molecule has 0 saturated carbocycles. The Morgan fingerprint density at radius 2 is 2.10 bits per heavy atom. The van der Waals surface area contributed by atoms with Crippen LogP contribution in [0.15, 0.2) is 36.9 Å². The third-order valence-corrected chi connectivity index (χ3v) is 3.54. The normalized spacial score (nSPS) is 12.7. The van der Waals surface area contributed by atoms with Crippen LogP contribution in [0.4, 0.5) is 0 Å². The van der Waals surface area contributed by atoms with Crippen LogP contribution in [0.5, 0.6) is 0 Å². The lowest BCUT2D eigenvalue weighted by atomic mass is 10.1. The van der Waals surface area contributed by atoms with Crippen molar-refractivity contribution >= 4 is 0 Å². The molecule has 0 amide bonds. The van der Waals surface area contributed by atoms with Gasteiger partial charge in [-0.3, -0.25) is 4.68 Å². The molecule has 0 aliphatic carbocycles. The molecule has 0 radical (unpaired) electrons. The second kappa shape index (κ2) is 7.90. The summed E-state index contributed by atoms with van der Waals surface area (Å²) in [7, 11) is 0. The largest absolute Gasteiger partial charge is 0.352 e. The van der Waals surface area contributed by atoms with Crippen LogP contribution in [-0.2, 0) is 13.1 Å². The summed E-state index contributed by atoms with van der Waals surface area (Å²) in [5.41, 5.74) is 1.40. The molecule has 2 heterocycles. The third-order valence-electron chi connectivity index (χ3n) is 3.54. The number of aromatic nitrogens is 3. The Balaban J connectivity index is 1.91. The van der Waals surface area contributed by atoms with Crippen molar-refractivity contribution in [1.82, 2.24) is 19.7 Å². The molecule has 1 unspecified atom stereocenters. The highest BCUT2D eigenvalue weighted by atomic mass is 15.3. The van der Waals surface area contributed by atoms with Gasteiger partial charge in [-0.05, 0) is 37.1 Å². The van der Waals surface area contributed by atoms with Crippen molar-refractivity contribution in [3.8, 4) is 0 Å². The van der Waals surface area contributed by atoms with Crippen LogP contribution < -0.4 is 5.32 Å². The van der Waals surface area contributed by atoms with E-state index in [2.05, 4.69) is 47.3 Å². The minimum atomic E-state index is 0.492. The molecule has 0 aromatic carbocycles. The zero-order valence-corrected chi connectivity index (χ0v) is 12.6. The van der Waals surface area contributed by atoms with E-state index in [1.807, 2.05) is 23.1 Å². The maximum atomic E-state index is 4.23. The van der Waals surface area contributed by atoms with E-state index >= 15 is 0 Å². The maximum Gasteiger partial charge on any atom is 0.0588 e. The van der Waals surface area contributed by atoms with E-state index in [9.17, 15) is 0 Å². The number of nitrogens with zero attached hydrogens (tertiary/aromatic N) is 3. The highest BCUT2D eigenvalue weighted by molar-refractivity contribution is 5.15. The first-order valence-corrected chi connectivity index (χ1v) is 7.70. The van der Waals surface area contributed by atoms with Crippen LogP contribution in [0, 0.1) is 0 Å². The predicted molar refractivity (Wildman–Crippen MR) is 82.6 cm³/mol. The summed E-state index contributed by atoms with van der Waals surface area (Å²) < 4.78 is 4.23. The minimum Gasteiger partial charge on any atom is -0.352 e. The zero-order valence-electron chi connectivity index (χ0n) is 12.6. The molecule has 2 aromatic rings. The quantitative estimate of drug-likeness (QED) is 0.762. The number of hydrogen-bond acceptors (Lipinski definition) is 2. The summed E-state index contributed by atoms with van der Waals surface area (Å²) in [4.78, 5) is 0. The zero-order chi connectivity index (χ0) is 14.2. The van der Waals surface area contributed by atoms with Gasteiger partial charge < -0.3 is 9.88 Å². The Hall–Kier alpha value is -1.55. The van der Waals surface area contributed by atoms with Crippen molar-refractivity contribution in [3.63, 3.8) is 0 Å². The Labute approximate surface area is 121 Å². The van der Waals surface area contributed by atoms with Gasteiger partial charge in [-0.25, -0.2) is 0 Å². The molecule has 1 N–H and O–H groups in total. The second-order valence-corrected chi connectivity index (χ2v) is 5.25. The van der Waals surface area contributed by atoms with Gasteiger partial charge in [-0.2, -0.15) is 5.10 Å². The topological polar surface area (TPSA) is 34.8 Å². The number of aryl methyl sites for hydroxylation is 2. The lowest BCUT2D eigenvalue weighted by Crippen LogP contribution is -2.21. The molecule has 2 aromatic heterocycles. The smallest absolute Gasteiger partial charge is 0.0588 e. The fraction of sp³-hybridized carbons (Fsp3) is 0.562. The first kappa shape index (κ1) is 14.9. The summed E-state index contributed by atoms with van der Waals surface area (Å²) in [6.07, 6.45) is 11.9. The van der Waals surface area contributed by atoms with Crippen molar-refractivity contribution in [1.29, 1.82) is 0 Å². The maximum absolute atomic E-state index is 4.23. The summed E-state index contributed by atoms with van der Waals surface area (Å²) in [6.45, 7) is 7.43. The molecule has 1 atom stereocenters. The monoisotopic (exact) mass is 274 g/mol. The molecule has 0 fully saturated rings. The number of hydrogen-bond donors (Lipinski definition) is 1. The Morgan fingerprint density at radius 1 is 1.20 bits per heavy atom. The fourth-order valence-electron chi connectivity index (χ4n) is 2.45. The predicted octanol–water partition coefficient (Wildman–Crippen LogP) is 3.23. The molecule has 0 spiro atoms. The van der Waals surface area contributed by atoms with Crippen molar-refractivity contribution in [2.24, 2.45) is 0 Å². The van der Waals surface area contributed by atoms with E-state index in [0.717, 1.165) is 19.6 Å². The Kier molecular flexibility index (Phi) is 5.87. The highest BCUT2D eigenvalue weighted by Crippen LogP contribution is 2.19. The van der Waals surface area contributed by atoms with E-state index in [1.165, 1.54) is 24.8 Å². The lowest BCUT2D eigenvalue weighted by molar-refractivity contribution is 0.490. The molecule has 4 heteroatoms. The fourth-order valence-corrected chi connectivity index (χ4v) is 2.45. The van der Waals surface area contributed by atoms with Crippen LogP contribution >= 0.6 is 0 Å². The van der Waals surface area contributed by atoms with Gasteiger partial charge in [0.25, 0.3) is 0 Å². The standard InChI is InChI=1S/C16H26N4/c1-3-6-16(17-8-4-2)15-7-11-19(14-15)12-13-20-10-5-9-18-20/h5,7,9-11,14,16-17H,3-4,6,8,12-13H2,1-2H3. The van der Waals surface area contributed by atoms with Crippen LogP contribution in [0.1, 0.15) is 44.7 Å². The molecular weight excluding hydrogens is 248 g/mol. The molecule has 0 bridgehead atoms. The average Bonchev–Trinajstić information content (AvgIpc) is 3.12. The molecule has 0 aliphatic rings. The minimum absolute atomic E-state index is 0.492. The first-order chi connectivity index (χ1) is 9.83. The van der Waals surface area contributed by atoms with Crippen LogP contribution in [0.3, 0.4) is 0 Å². The summed E-state index contributed by atoms with van der Waals surface area (Å²) in [6, 6.07) is 4.70. The van der Waals surface area contributed by atoms with Crippen molar-refractivity contribution in [2.75, 3.05) is 6.54 Å². The molecule has 0 saturated heterocycles. The number of rotatable bonds is 9. The van der Waals surface area contributed by atoms with Gasteiger partial charge in [0.05, 0.1) is 6.54 Å². The van der Waals surface area contributed by atoms with E-state index in [4.69, 9.17) is 0 Å². The second-order valence-electron chi connectivity index (χ2n) is 5.25. The molecule has 4 nitrogen and oxygen atoms in total. The number of nitrogens with one attached hydrogen (secondary N) is 1. The van der Waals surface area contributed by atoms with Crippen LogP contribution in [0.25, 0.3) is 0 Å². The van der Waals surface area contributed by atoms with Crippen molar-refractivity contribution < 1.29 is 0 Å². The van der Waals surface area contributed by atoms with Gasteiger partial charge in [0.2, 0.25) is 0 Å². The van der Waals surface area contributed by atoms with Crippen molar-refractivity contribution in [2.45, 2.75) is 52.2 Å². The highest BCUT2D eigenvalue weighted by Gasteiger charge is 2.10. The van der Waals surface area contributed by atoms with Crippen LogP contribution in [0.2, 0.25) is 0 Å². The van der Waals surface area contributed by atoms with E-state index in [1.54, 1.807) is 0 Å². The Bertz CT molecular complexity index is 472. The van der Waals surface area contributed by atoms with Gasteiger partial charge in [-0.1, -0.05) is 20.3 Å². The average molecular weight is 274 g/mol. The van der Waals surface area contributed by atoms with E-state index in [0.29, 0.717) is 6.04 Å². The molecule has 20 heavy (non-hydrogen) atoms. The van der Waals surface area contributed by atoms with Gasteiger partial charge in [0.15, 0.2) is 0 Å². The van der Waals surface area contributed by atoms with Crippen LogP contribution in [-0.4, -0.2) is 20.9 Å². The summed E-state index contributed by atoms with van der Waals surface area (Å²) in [5, 5.41) is 7.87.